The van der Waals surface area contributed by atoms with E-state index in [2.05, 4.69) is 19.2 Å². The third kappa shape index (κ3) is 6.57. The van der Waals surface area contributed by atoms with E-state index in [4.69, 9.17) is 10.5 Å². The molecule has 0 saturated carbocycles. The fourth-order valence-corrected chi connectivity index (χ4v) is 2.07. The highest BCUT2D eigenvalue weighted by Gasteiger charge is 2.08. The molecule has 1 rings (SSSR count). The number of carbonyl (C=O) groups excluding carboxylic acids is 1. The van der Waals surface area contributed by atoms with Gasteiger partial charge < -0.3 is 15.8 Å². The van der Waals surface area contributed by atoms with Gasteiger partial charge in [0, 0.05) is 19.0 Å². The average molecular weight is 278 g/mol. The number of nitrogens with one attached hydrogen (secondary N) is 1. The SMILES string of the molecule is COc1ccc(CCC(=O)NCC(N)CC(C)C)cc1. The number of hydrogen-bond donors (Lipinski definition) is 2. The fourth-order valence-electron chi connectivity index (χ4n) is 2.07. The molecule has 0 aliphatic heterocycles. The van der Waals surface area contributed by atoms with E-state index in [-0.39, 0.29) is 11.9 Å². The molecule has 0 bridgehead atoms. The van der Waals surface area contributed by atoms with Crippen molar-refractivity contribution in [2.75, 3.05) is 13.7 Å². The second-order valence-corrected chi connectivity index (χ2v) is 5.54. The van der Waals surface area contributed by atoms with E-state index in [0.29, 0.717) is 18.9 Å². The summed E-state index contributed by atoms with van der Waals surface area (Å²) in [6, 6.07) is 7.82. The van der Waals surface area contributed by atoms with E-state index in [1.165, 1.54) is 0 Å². The van der Waals surface area contributed by atoms with Crippen LogP contribution in [-0.4, -0.2) is 25.6 Å². The van der Waals surface area contributed by atoms with Gasteiger partial charge in [-0.2, -0.15) is 0 Å². The largest absolute Gasteiger partial charge is 0.497 e. The van der Waals surface area contributed by atoms with Gasteiger partial charge in [0.25, 0.3) is 0 Å². The van der Waals surface area contributed by atoms with Crippen LogP contribution in [0.15, 0.2) is 24.3 Å². The standard InChI is InChI=1S/C16H26N2O2/c1-12(2)10-14(17)11-18-16(19)9-6-13-4-7-15(20-3)8-5-13/h4-5,7-8,12,14H,6,9-11,17H2,1-3H3,(H,18,19). The number of benzene rings is 1. The number of carbonyl (C=O) groups is 1. The minimum atomic E-state index is 0.0416. The minimum absolute atomic E-state index is 0.0416. The molecule has 1 unspecified atom stereocenters. The lowest BCUT2D eigenvalue weighted by Crippen LogP contribution is -2.38. The third-order valence-corrected chi connectivity index (χ3v) is 3.14. The molecule has 112 valence electrons. The molecular formula is C16H26N2O2. The Morgan fingerprint density at radius 1 is 1.30 bits per heavy atom. The summed E-state index contributed by atoms with van der Waals surface area (Å²) in [6.45, 7) is 4.82. The van der Waals surface area contributed by atoms with Gasteiger partial charge in [0.2, 0.25) is 5.91 Å². The summed E-state index contributed by atoms with van der Waals surface area (Å²) < 4.78 is 5.10. The normalized spacial score (nSPS) is 12.2. The number of ether oxygens (including phenoxy) is 1. The van der Waals surface area contributed by atoms with E-state index >= 15 is 0 Å². The van der Waals surface area contributed by atoms with E-state index in [1.807, 2.05) is 24.3 Å². The zero-order chi connectivity index (χ0) is 15.0. The molecule has 0 fully saturated rings. The van der Waals surface area contributed by atoms with Crippen LogP contribution in [0.3, 0.4) is 0 Å². The number of nitrogens with two attached hydrogens (primary N) is 1. The molecule has 0 aliphatic carbocycles. The molecule has 1 aromatic carbocycles. The highest BCUT2D eigenvalue weighted by Crippen LogP contribution is 2.12. The first-order valence-corrected chi connectivity index (χ1v) is 7.16. The second kappa shape index (κ2) is 8.59. The average Bonchev–Trinajstić information content (AvgIpc) is 2.42. The van der Waals surface area contributed by atoms with Crippen molar-refractivity contribution in [3.8, 4) is 5.75 Å². The summed E-state index contributed by atoms with van der Waals surface area (Å²) in [5.74, 6) is 1.44. The lowest BCUT2D eigenvalue weighted by Gasteiger charge is -2.14. The zero-order valence-corrected chi connectivity index (χ0v) is 12.7. The minimum Gasteiger partial charge on any atom is -0.497 e. The van der Waals surface area contributed by atoms with Crippen molar-refractivity contribution < 1.29 is 9.53 Å². The van der Waals surface area contributed by atoms with Crippen LogP contribution < -0.4 is 15.8 Å². The highest BCUT2D eigenvalue weighted by atomic mass is 16.5. The maximum absolute atomic E-state index is 11.7. The summed E-state index contributed by atoms with van der Waals surface area (Å²) in [4.78, 5) is 11.7. The molecule has 0 aromatic heterocycles. The topological polar surface area (TPSA) is 64.3 Å². The first kappa shape index (κ1) is 16.5. The van der Waals surface area contributed by atoms with Gasteiger partial charge in [-0.3, -0.25) is 4.79 Å². The number of aryl methyl sites for hydroxylation is 1. The smallest absolute Gasteiger partial charge is 0.220 e. The number of hydrogen-bond acceptors (Lipinski definition) is 3. The molecule has 0 radical (unpaired) electrons. The first-order chi connectivity index (χ1) is 9.51. The molecule has 0 aliphatic rings. The van der Waals surface area contributed by atoms with Crippen molar-refractivity contribution >= 4 is 5.91 Å². The Hall–Kier alpha value is -1.55. The van der Waals surface area contributed by atoms with Crippen LogP contribution in [0.5, 0.6) is 5.75 Å². The molecule has 1 amide bonds. The van der Waals surface area contributed by atoms with Gasteiger partial charge in [-0.1, -0.05) is 26.0 Å². The maximum Gasteiger partial charge on any atom is 0.220 e. The van der Waals surface area contributed by atoms with Gasteiger partial charge in [0.1, 0.15) is 5.75 Å². The Morgan fingerprint density at radius 2 is 1.95 bits per heavy atom. The van der Waals surface area contributed by atoms with E-state index < -0.39 is 0 Å². The van der Waals surface area contributed by atoms with E-state index in [1.54, 1.807) is 7.11 Å². The van der Waals surface area contributed by atoms with Crippen LogP contribution in [0, 0.1) is 5.92 Å². The molecule has 0 saturated heterocycles. The lowest BCUT2D eigenvalue weighted by molar-refractivity contribution is -0.121. The van der Waals surface area contributed by atoms with E-state index in [9.17, 15) is 4.79 Å². The van der Waals surface area contributed by atoms with Crippen LogP contribution in [0.2, 0.25) is 0 Å². The summed E-state index contributed by atoms with van der Waals surface area (Å²) >= 11 is 0. The molecule has 1 aromatic rings. The summed E-state index contributed by atoms with van der Waals surface area (Å²) in [5, 5.41) is 2.89. The van der Waals surface area contributed by atoms with Gasteiger partial charge in [-0.15, -0.1) is 0 Å². The Bertz CT molecular complexity index is 401. The van der Waals surface area contributed by atoms with Crippen molar-refractivity contribution in [3.63, 3.8) is 0 Å². The maximum atomic E-state index is 11.7. The zero-order valence-electron chi connectivity index (χ0n) is 12.7. The number of rotatable bonds is 8. The molecule has 0 spiro atoms. The molecule has 0 heterocycles. The van der Waals surface area contributed by atoms with Crippen molar-refractivity contribution in [2.45, 2.75) is 39.2 Å². The molecule has 4 nitrogen and oxygen atoms in total. The molecule has 4 heteroatoms. The molecule has 3 N–H and O–H groups in total. The van der Waals surface area contributed by atoms with Crippen molar-refractivity contribution in [1.29, 1.82) is 0 Å². The van der Waals surface area contributed by atoms with Gasteiger partial charge >= 0.3 is 0 Å². The van der Waals surface area contributed by atoms with E-state index in [0.717, 1.165) is 24.2 Å². The molecule has 20 heavy (non-hydrogen) atoms. The van der Waals surface area contributed by atoms with Crippen molar-refractivity contribution in [3.05, 3.63) is 29.8 Å². The van der Waals surface area contributed by atoms with Crippen LogP contribution in [0.4, 0.5) is 0 Å². The molecule has 1 atom stereocenters. The lowest BCUT2D eigenvalue weighted by atomic mass is 10.0. The predicted molar refractivity (Wildman–Crippen MR) is 81.8 cm³/mol. The van der Waals surface area contributed by atoms with Crippen LogP contribution in [0.1, 0.15) is 32.3 Å². The predicted octanol–water partition coefficient (Wildman–Crippen LogP) is 2.12. The van der Waals surface area contributed by atoms with Crippen LogP contribution in [0.25, 0.3) is 0 Å². The Kier molecular flexibility index (Phi) is 7.09. The summed E-state index contributed by atoms with van der Waals surface area (Å²) in [6.07, 6.45) is 2.15. The monoisotopic (exact) mass is 278 g/mol. The fraction of sp³-hybridized carbons (Fsp3) is 0.562. The second-order valence-electron chi connectivity index (χ2n) is 5.54. The van der Waals surface area contributed by atoms with Crippen molar-refractivity contribution in [1.82, 2.24) is 5.32 Å². The van der Waals surface area contributed by atoms with Gasteiger partial charge in [-0.25, -0.2) is 0 Å². The third-order valence-electron chi connectivity index (χ3n) is 3.14. The molecular weight excluding hydrogens is 252 g/mol. The van der Waals surface area contributed by atoms with Crippen molar-refractivity contribution in [2.24, 2.45) is 11.7 Å². The Balaban J connectivity index is 2.25. The van der Waals surface area contributed by atoms with Crippen LogP contribution in [-0.2, 0) is 11.2 Å². The summed E-state index contributed by atoms with van der Waals surface area (Å²) in [7, 11) is 1.64. The number of amides is 1. The Morgan fingerprint density at radius 3 is 2.50 bits per heavy atom. The summed E-state index contributed by atoms with van der Waals surface area (Å²) in [5.41, 5.74) is 7.07. The highest BCUT2D eigenvalue weighted by molar-refractivity contribution is 5.76. The van der Waals surface area contributed by atoms with Gasteiger partial charge in [0.15, 0.2) is 0 Å². The Labute approximate surface area is 121 Å². The van der Waals surface area contributed by atoms with Gasteiger partial charge in [-0.05, 0) is 36.5 Å². The quantitative estimate of drug-likeness (QED) is 0.765. The number of methoxy groups -OCH3 is 1. The first-order valence-electron chi connectivity index (χ1n) is 7.16. The van der Waals surface area contributed by atoms with Gasteiger partial charge in [0.05, 0.1) is 7.11 Å². The van der Waals surface area contributed by atoms with Crippen LogP contribution >= 0.6 is 0 Å².